The average molecular weight is 242 g/mol. The van der Waals surface area contributed by atoms with Crippen LogP contribution in [0, 0.1) is 0 Å². The summed E-state index contributed by atoms with van der Waals surface area (Å²) in [5.41, 5.74) is 0.132. The topological polar surface area (TPSA) is 98.5 Å². The van der Waals surface area contributed by atoms with Gasteiger partial charge in [0.1, 0.15) is 9.44 Å². The van der Waals surface area contributed by atoms with Crippen LogP contribution in [0.4, 0.5) is 4.79 Å². The van der Waals surface area contributed by atoms with E-state index >= 15 is 0 Å². The first-order valence-corrected chi connectivity index (χ1v) is 6.39. The number of hydrogen-bond acceptors (Lipinski definition) is 4. The van der Waals surface area contributed by atoms with Gasteiger partial charge in [-0.15, -0.1) is 0 Å². The first-order valence-electron chi connectivity index (χ1n) is 4.36. The van der Waals surface area contributed by atoms with Crippen LogP contribution in [-0.4, -0.2) is 22.5 Å². The molecule has 1 amide bonds. The molecule has 2 rings (SSSR count). The lowest BCUT2D eigenvalue weighted by Crippen LogP contribution is -2.58. The third-order valence-electron chi connectivity index (χ3n) is 2.36. The summed E-state index contributed by atoms with van der Waals surface area (Å²) >= 11 is 0. The molecule has 0 spiro atoms. The maximum Gasteiger partial charge on any atom is 0.409 e. The number of rotatable bonds is 0. The fourth-order valence-corrected chi connectivity index (χ4v) is 3.73. The van der Waals surface area contributed by atoms with E-state index in [2.05, 4.69) is 4.74 Å². The van der Waals surface area contributed by atoms with Crippen LogP contribution in [-0.2, 0) is 14.2 Å². The highest BCUT2D eigenvalue weighted by atomic mass is 32.3. The van der Waals surface area contributed by atoms with Gasteiger partial charge in [-0.1, -0.05) is 12.1 Å². The molecule has 7 heteroatoms. The van der Waals surface area contributed by atoms with Crippen LogP contribution in [0.25, 0.3) is 0 Å². The van der Waals surface area contributed by atoms with Gasteiger partial charge >= 0.3 is 5.30 Å². The number of benzene rings is 1. The first kappa shape index (κ1) is 10.8. The van der Waals surface area contributed by atoms with Crippen molar-refractivity contribution in [2.75, 3.05) is 7.11 Å². The average Bonchev–Trinajstić information content (AvgIpc) is 2.48. The predicted molar refractivity (Wildman–Crippen MR) is 56.9 cm³/mol. The molecule has 0 saturated heterocycles. The lowest BCUT2D eigenvalue weighted by molar-refractivity contribution is 0.0984. The Hall–Kier alpha value is -1.73. The summed E-state index contributed by atoms with van der Waals surface area (Å²) < 4.78 is 19.0. The second kappa shape index (κ2) is 2.89. The molecule has 1 aliphatic heterocycles. The Balaban J connectivity index is 2.78. The van der Waals surface area contributed by atoms with Crippen molar-refractivity contribution < 1.29 is 18.5 Å². The van der Waals surface area contributed by atoms with E-state index < -0.39 is 20.6 Å². The number of fused-ring (bicyclic) bond motifs is 1. The highest BCUT2D eigenvalue weighted by molar-refractivity contribution is 8.29. The van der Waals surface area contributed by atoms with E-state index in [1.807, 2.05) is 4.72 Å². The molecule has 0 aromatic heterocycles. The summed E-state index contributed by atoms with van der Waals surface area (Å²) in [5, 5.41) is 4.46. The molecule has 86 valence electrons. The van der Waals surface area contributed by atoms with Gasteiger partial charge in [-0.3, -0.25) is 9.52 Å². The molecule has 1 aromatic carbocycles. The number of methoxy groups -OCH3 is 1. The van der Waals surface area contributed by atoms with Crippen LogP contribution in [0.5, 0.6) is 0 Å². The zero-order chi connectivity index (χ0) is 12.0. The standard InChI is InChI=1S/C9H10N2O4S/c1-15-9(13)16(10,14)7-5-3-2-4-6(7)8(12)11-16/h2-5H,1H3,(H3,10,11,12,14). The highest BCUT2D eigenvalue weighted by Crippen LogP contribution is 2.36. The molecule has 16 heavy (non-hydrogen) atoms. The molecule has 1 aliphatic rings. The largest absolute Gasteiger partial charge is 0.458 e. The summed E-state index contributed by atoms with van der Waals surface area (Å²) in [7, 11) is -3.53. The fraction of sp³-hybridized carbons (Fsp3) is 0.111. The third-order valence-corrected chi connectivity index (χ3v) is 5.01. The number of amides is 1. The van der Waals surface area contributed by atoms with Crippen LogP contribution >= 0.6 is 0 Å². The Kier molecular flexibility index (Phi) is 1.95. The van der Waals surface area contributed by atoms with Gasteiger partial charge in [0.2, 0.25) is 0 Å². The van der Waals surface area contributed by atoms with E-state index in [1.54, 1.807) is 12.1 Å². The lowest BCUT2D eigenvalue weighted by atomic mass is 10.2. The molecule has 0 atom stereocenters. The number of ether oxygens (including phenoxy) is 1. The van der Waals surface area contributed by atoms with Crippen molar-refractivity contribution in [3.8, 4) is 0 Å². The third kappa shape index (κ3) is 1.12. The Morgan fingerprint density at radius 2 is 2.06 bits per heavy atom. The smallest absolute Gasteiger partial charge is 0.409 e. The molecule has 0 radical (unpaired) electrons. The van der Waals surface area contributed by atoms with Crippen molar-refractivity contribution >= 4 is 20.6 Å². The van der Waals surface area contributed by atoms with E-state index in [4.69, 9.17) is 5.14 Å². The molecule has 3 N–H and O–H groups in total. The van der Waals surface area contributed by atoms with Crippen molar-refractivity contribution in [1.82, 2.24) is 4.72 Å². The van der Waals surface area contributed by atoms with Gasteiger partial charge in [0, 0.05) is 0 Å². The summed E-state index contributed by atoms with van der Waals surface area (Å²) in [6.45, 7) is 0. The number of nitrogens with one attached hydrogen (secondary N) is 1. The van der Waals surface area contributed by atoms with Crippen molar-refractivity contribution in [3.63, 3.8) is 0 Å². The summed E-state index contributed by atoms with van der Waals surface area (Å²) in [6.07, 6.45) is 0. The van der Waals surface area contributed by atoms with Crippen LogP contribution < -0.4 is 9.86 Å². The van der Waals surface area contributed by atoms with Gasteiger partial charge in [-0.2, -0.15) is 0 Å². The highest BCUT2D eigenvalue weighted by Gasteiger charge is 2.52. The molecule has 0 unspecified atom stereocenters. The number of nitrogens with two attached hydrogens (primary N) is 1. The van der Waals surface area contributed by atoms with Gasteiger partial charge in [0.05, 0.1) is 17.6 Å². The Morgan fingerprint density at radius 1 is 1.44 bits per heavy atom. The Bertz CT molecular complexity index is 568. The van der Waals surface area contributed by atoms with Gasteiger partial charge in [-0.05, 0) is 12.1 Å². The fourth-order valence-electron chi connectivity index (χ4n) is 1.60. The van der Waals surface area contributed by atoms with Crippen molar-refractivity contribution in [2.45, 2.75) is 4.90 Å². The van der Waals surface area contributed by atoms with Gasteiger partial charge in [0.15, 0.2) is 0 Å². The van der Waals surface area contributed by atoms with Crippen molar-refractivity contribution in [3.05, 3.63) is 29.8 Å². The summed E-state index contributed by atoms with van der Waals surface area (Å²) in [5.74, 6) is -0.638. The Morgan fingerprint density at radius 3 is 2.69 bits per heavy atom. The minimum absolute atomic E-state index is 0.0173. The van der Waals surface area contributed by atoms with Gasteiger partial charge in [-0.25, -0.2) is 14.1 Å². The Labute approximate surface area is 91.4 Å². The minimum Gasteiger partial charge on any atom is -0.458 e. The van der Waals surface area contributed by atoms with Gasteiger partial charge in [0.25, 0.3) is 5.91 Å². The second-order valence-corrected chi connectivity index (χ2v) is 6.38. The zero-order valence-corrected chi connectivity index (χ0v) is 9.24. The van der Waals surface area contributed by atoms with Crippen LogP contribution in [0.2, 0.25) is 0 Å². The normalized spacial score (nSPS) is 22.4. The number of hydrogen-bond donors (Lipinski definition) is 2. The quantitative estimate of drug-likeness (QED) is 0.633. The summed E-state index contributed by atoms with van der Waals surface area (Å²) in [4.78, 5) is 23.1. The molecule has 6 nitrogen and oxygen atoms in total. The molecule has 0 bridgehead atoms. The molecular formula is C9H10N2O4S. The SMILES string of the molecule is COC(=O)S1(N)(=O)NC(=O)c2ccccc21. The number of carbonyl (C=O) groups excluding carboxylic acids is 2. The van der Waals surface area contributed by atoms with E-state index in [0.717, 1.165) is 7.11 Å². The maximum atomic E-state index is 12.5. The molecule has 0 aliphatic carbocycles. The second-order valence-electron chi connectivity index (χ2n) is 3.39. The van der Waals surface area contributed by atoms with E-state index in [9.17, 15) is 13.8 Å². The molecule has 0 saturated carbocycles. The summed E-state index contributed by atoms with van der Waals surface area (Å²) in [6, 6.07) is 5.96. The predicted octanol–water partition coefficient (Wildman–Crippen LogP) is 0.164. The molecule has 1 heterocycles. The van der Waals surface area contributed by atoms with E-state index in [0.29, 0.717) is 0 Å². The molecule has 1 aromatic rings. The number of carbonyl (C=O) groups is 2. The monoisotopic (exact) mass is 242 g/mol. The van der Waals surface area contributed by atoms with Crippen LogP contribution in [0.15, 0.2) is 29.2 Å². The van der Waals surface area contributed by atoms with Crippen LogP contribution in [0.1, 0.15) is 10.4 Å². The van der Waals surface area contributed by atoms with E-state index in [-0.39, 0.29) is 10.5 Å². The first-order chi connectivity index (χ1) is 7.39. The zero-order valence-electron chi connectivity index (χ0n) is 8.43. The minimum atomic E-state index is -4.59. The van der Waals surface area contributed by atoms with Crippen molar-refractivity contribution in [2.24, 2.45) is 5.14 Å². The lowest BCUT2D eigenvalue weighted by Gasteiger charge is -2.30. The van der Waals surface area contributed by atoms with Crippen LogP contribution in [0.3, 0.4) is 0 Å². The van der Waals surface area contributed by atoms with Crippen molar-refractivity contribution in [1.29, 1.82) is 0 Å². The molecular weight excluding hydrogens is 232 g/mol. The van der Waals surface area contributed by atoms with Gasteiger partial charge < -0.3 is 4.74 Å². The maximum absolute atomic E-state index is 12.5. The van der Waals surface area contributed by atoms with E-state index in [1.165, 1.54) is 12.1 Å². The molecule has 0 fully saturated rings.